The quantitative estimate of drug-likeness (QED) is 0.436. The minimum atomic E-state index is -3.86. The number of benzene rings is 2. The molecule has 1 heterocycles. The smallest absolute Gasteiger partial charge is 0.285 e. The summed E-state index contributed by atoms with van der Waals surface area (Å²) < 4.78 is 33.4. The highest BCUT2D eigenvalue weighted by molar-refractivity contribution is 7.90. The summed E-state index contributed by atoms with van der Waals surface area (Å²) in [5.74, 6) is 0.407. The minimum absolute atomic E-state index is 0.0313. The molecule has 0 saturated heterocycles. The van der Waals surface area contributed by atoms with E-state index in [1.807, 2.05) is 0 Å². The molecule has 1 aliphatic heterocycles. The normalized spacial score (nSPS) is 14.6. The number of hydrogen-bond donors (Lipinski definition) is 1. The molecular formula is C17H16N4O6S. The highest BCUT2D eigenvalue weighted by atomic mass is 32.2. The van der Waals surface area contributed by atoms with Crippen LogP contribution in [0.15, 0.2) is 56.9 Å². The number of amidine groups is 1. The van der Waals surface area contributed by atoms with Crippen LogP contribution in [0.2, 0.25) is 0 Å². The molecule has 1 N–H and O–H groups in total. The Morgan fingerprint density at radius 3 is 2.75 bits per heavy atom. The fourth-order valence-corrected chi connectivity index (χ4v) is 3.86. The van der Waals surface area contributed by atoms with Crippen molar-refractivity contribution in [2.75, 3.05) is 20.3 Å². The zero-order chi connectivity index (χ0) is 20.3. The Morgan fingerprint density at radius 2 is 2.07 bits per heavy atom. The molecule has 0 aromatic heterocycles. The number of sulfonamides is 1. The highest BCUT2D eigenvalue weighted by Crippen LogP contribution is 2.28. The molecule has 0 bridgehead atoms. The molecule has 0 amide bonds. The van der Waals surface area contributed by atoms with Gasteiger partial charge in [0.2, 0.25) is 0 Å². The monoisotopic (exact) mass is 404 g/mol. The van der Waals surface area contributed by atoms with Crippen LogP contribution in [0.1, 0.15) is 11.1 Å². The summed E-state index contributed by atoms with van der Waals surface area (Å²) in [5.41, 5.74) is 0.524. The lowest BCUT2D eigenvalue weighted by Crippen LogP contribution is -2.29. The molecule has 2 aromatic carbocycles. The summed E-state index contributed by atoms with van der Waals surface area (Å²) in [5, 5.41) is 25.8. The number of non-ortho nitro benzene ring substituents is 1. The largest absolute Gasteiger partial charge is 0.496 e. The zero-order valence-electron chi connectivity index (χ0n) is 14.7. The number of nitro benzene ring substituents is 1. The fraction of sp³-hybridized carbons (Fsp3) is 0.176. The summed E-state index contributed by atoms with van der Waals surface area (Å²) in [7, 11) is -2.44. The van der Waals surface area contributed by atoms with Crippen LogP contribution < -0.4 is 4.74 Å². The third-order valence-electron chi connectivity index (χ3n) is 3.93. The SMILES string of the molecule is COc1ccc([N+](=O)[O-])cc1/C=N/N(CCO)C1=NS(=O)(=O)c2ccccc21. The van der Waals surface area contributed by atoms with E-state index in [2.05, 4.69) is 9.50 Å². The van der Waals surface area contributed by atoms with Crippen LogP contribution in [-0.4, -0.2) is 55.8 Å². The second kappa shape index (κ2) is 7.74. The number of ether oxygens (including phenoxy) is 1. The zero-order valence-corrected chi connectivity index (χ0v) is 15.5. The lowest BCUT2D eigenvalue weighted by molar-refractivity contribution is -0.384. The van der Waals surface area contributed by atoms with Crippen molar-refractivity contribution in [3.63, 3.8) is 0 Å². The molecule has 10 nitrogen and oxygen atoms in total. The maximum atomic E-state index is 12.2. The molecule has 0 fully saturated rings. The lowest BCUT2D eigenvalue weighted by Gasteiger charge is -2.17. The van der Waals surface area contributed by atoms with Gasteiger partial charge in [0.25, 0.3) is 15.7 Å². The van der Waals surface area contributed by atoms with Crippen molar-refractivity contribution in [1.29, 1.82) is 0 Å². The van der Waals surface area contributed by atoms with Gasteiger partial charge in [0, 0.05) is 23.3 Å². The van der Waals surface area contributed by atoms with Crippen LogP contribution in [0, 0.1) is 10.1 Å². The number of aliphatic hydroxyl groups excluding tert-OH is 1. The van der Waals surface area contributed by atoms with Gasteiger partial charge < -0.3 is 9.84 Å². The first-order chi connectivity index (χ1) is 13.4. The van der Waals surface area contributed by atoms with Crippen molar-refractivity contribution < 1.29 is 23.2 Å². The number of methoxy groups -OCH3 is 1. The van der Waals surface area contributed by atoms with Crippen LogP contribution in [0.3, 0.4) is 0 Å². The number of hydrogen-bond acceptors (Lipinski definition) is 8. The van der Waals surface area contributed by atoms with Crippen LogP contribution in [-0.2, 0) is 10.0 Å². The van der Waals surface area contributed by atoms with Gasteiger partial charge in [-0.3, -0.25) is 10.1 Å². The van der Waals surface area contributed by atoms with Crippen LogP contribution in [0.4, 0.5) is 5.69 Å². The van der Waals surface area contributed by atoms with Gasteiger partial charge in [-0.2, -0.15) is 13.5 Å². The molecule has 11 heteroatoms. The van der Waals surface area contributed by atoms with E-state index >= 15 is 0 Å². The fourth-order valence-electron chi connectivity index (χ4n) is 2.66. The summed E-state index contributed by atoms with van der Waals surface area (Å²) >= 11 is 0. The Labute approximate surface area is 160 Å². The molecule has 3 rings (SSSR count). The van der Waals surface area contributed by atoms with Gasteiger partial charge in [-0.05, 0) is 18.2 Å². The summed E-state index contributed by atoms with van der Waals surface area (Å²) in [6.07, 6.45) is 1.29. The molecule has 1 aliphatic rings. The van der Waals surface area contributed by atoms with Gasteiger partial charge in [0.05, 0.1) is 31.4 Å². The number of fused-ring (bicyclic) bond motifs is 1. The van der Waals surface area contributed by atoms with Gasteiger partial charge >= 0.3 is 0 Å². The second-order valence-electron chi connectivity index (χ2n) is 5.66. The Hall–Kier alpha value is -3.31. The van der Waals surface area contributed by atoms with Gasteiger partial charge in [-0.25, -0.2) is 5.01 Å². The maximum Gasteiger partial charge on any atom is 0.285 e. The van der Waals surface area contributed by atoms with Crippen molar-refractivity contribution in [3.8, 4) is 5.75 Å². The van der Waals surface area contributed by atoms with E-state index in [4.69, 9.17) is 4.74 Å². The van der Waals surface area contributed by atoms with Crippen molar-refractivity contribution in [1.82, 2.24) is 5.01 Å². The molecule has 0 saturated carbocycles. The van der Waals surface area contributed by atoms with Crippen LogP contribution in [0.25, 0.3) is 0 Å². The average Bonchev–Trinajstić information content (AvgIpc) is 2.96. The van der Waals surface area contributed by atoms with E-state index in [9.17, 15) is 23.6 Å². The van der Waals surface area contributed by atoms with Crippen molar-refractivity contribution in [2.24, 2.45) is 9.50 Å². The average molecular weight is 404 g/mol. The van der Waals surface area contributed by atoms with Crippen LogP contribution in [0.5, 0.6) is 5.75 Å². The molecule has 0 spiro atoms. The van der Waals surface area contributed by atoms with E-state index < -0.39 is 14.9 Å². The maximum absolute atomic E-state index is 12.2. The first kappa shape index (κ1) is 19.5. The van der Waals surface area contributed by atoms with Gasteiger partial charge in [0.1, 0.15) is 10.6 Å². The van der Waals surface area contributed by atoms with Gasteiger partial charge in [-0.1, -0.05) is 12.1 Å². The first-order valence-electron chi connectivity index (χ1n) is 8.06. The third kappa shape index (κ3) is 3.70. The summed E-state index contributed by atoms with van der Waals surface area (Å²) in [6.45, 7) is -0.346. The Bertz CT molecular complexity index is 1080. The Kier molecular flexibility index (Phi) is 5.38. The second-order valence-corrected chi connectivity index (χ2v) is 7.23. The molecular weight excluding hydrogens is 388 g/mol. The van der Waals surface area contributed by atoms with Crippen LogP contribution >= 0.6 is 0 Å². The molecule has 2 aromatic rings. The number of nitro groups is 1. The summed E-state index contributed by atoms with van der Waals surface area (Å²) in [4.78, 5) is 10.5. The predicted molar refractivity (Wildman–Crippen MR) is 101 cm³/mol. The standard InChI is InChI=1S/C17H16N4O6S/c1-27-15-7-6-13(21(23)24)10-12(15)11-18-20(8-9-22)17-14-4-2-3-5-16(14)28(25,26)19-17/h2-7,10-11,22H,8-9H2,1H3/b18-11+. The minimum Gasteiger partial charge on any atom is -0.496 e. The van der Waals surface area contributed by atoms with E-state index in [1.165, 1.54) is 42.6 Å². The summed E-state index contributed by atoms with van der Waals surface area (Å²) in [6, 6.07) is 10.3. The Balaban J connectivity index is 2.02. The van der Waals surface area contributed by atoms with Gasteiger partial charge in [-0.15, -0.1) is 4.40 Å². The van der Waals surface area contributed by atoms with Crippen molar-refractivity contribution in [2.45, 2.75) is 4.90 Å². The van der Waals surface area contributed by atoms with E-state index in [1.54, 1.807) is 18.2 Å². The molecule has 0 radical (unpaired) electrons. The topological polar surface area (TPSA) is 135 Å². The number of nitrogens with zero attached hydrogens (tertiary/aromatic N) is 4. The van der Waals surface area contributed by atoms with E-state index in [0.29, 0.717) is 16.9 Å². The molecule has 0 unspecified atom stereocenters. The Morgan fingerprint density at radius 1 is 1.32 bits per heavy atom. The first-order valence-corrected chi connectivity index (χ1v) is 9.50. The van der Waals surface area contributed by atoms with Gasteiger partial charge in [0.15, 0.2) is 5.84 Å². The number of hydrazone groups is 1. The molecule has 28 heavy (non-hydrogen) atoms. The van der Waals surface area contributed by atoms with Crippen molar-refractivity contribution in [3.05, 3.63) is 63.7 Å². The van der Waals surface area contributed by atoms with E-state index in [0.717, 1.165) is 0 Å². The molecule has 146 valence electrons. The third-order valence-corrected chi connectivity index (χ3v) is 5.25. The predicted octanol–water partition coefficient (Wildman–Crippen LogP) is 1.38. The molecule has 0 atom stereocenters. The highest BCUT2D eigenvalue weighted by Gasteiger charge is 2.31. The van der Waals surface area contributed by atoms with E-state index in [-0.39, 0.29) is 29.6 Å². The number of rotatable bonds is 6. The lowest BCUT2D eigenvalue weighted by atomic mass is 10.2. The number of aliphatic hydroxyl groups is 1. The molecule has 0 aliphatic carbocycles. The van der Waals surface area contributed by atoms with Crippen molar-refractivity contribution >= 4 is 27.8 Å².